The van der Waals surface area contributed by atoms with Crippen LogP contribution < -0.4 is 0 Å². The van der Waals surface area contributed by atoms with Gasteiger partial charge in [-0.05, 0) is 67.8 Å². The van der Waals surface area contributed by atoms with Crippen molar-refractivity contribution in [3.05, 3.63) is 65.5 Å². The van der Waals surface area contributed by atoms with Crippen molar-refractivity contribution in [2.75, 3.05) is 6.61 Å². The maximum absolute atomic E-state index is 12.3. The first-order chi connectivity index (χ1) is 12.6. The molecule has 0 aliphatic heterocycles. The molecule has 0 aliphatic rings. The molecule has 0 aliphatic carbocycles. The Morgan fingerprint density at radius 1 is 0.923 bits per heavy atom. The molecular formula is C21H21N3O2. The third-order valence-electron chi connectivity index (χ3n) is 4.01. The van der Waals surface area contributed by atoms with Crippen LogP contribution in [0.4, 0.5) is 0 Å². The molecule has 3 aromatic rings. The van der Waals surface area contributed by atoms with E-state index in [1.54, 1.807) is 31.5 Å². The molecule has 0 saturated carbocycles. The molecule has 0 aromatic carbocycles. The van der Waals surface area contributed by atoms with Crippen LogP contribution in [-0.2, 0) is 11.2 Å². The highest BCUT2D eigenvalue weighted by Crippen LogP contribution is 2.24. The number of carbonyl (C=O) groups excluding carboxylic acids is 1. The summed E-state index contributed by atoms with van der Waals surface area (Å²) in [6, 6.07) is 11.3. The quantitative estimate of drug-likeness (QED) is 0.646. The minimum absolute atomic E-state index is 0.318. The van der Waals surface area contributed by atoms with Crippen molar-refractivity contribution in [1.29, 1.82) is 0 Å². The molecule has 0 atom stereocenters. The fourth-order valence-corrected chi connectivity index (χ4v) is 2.64. The number of ether oxygens (including phenoxy) is 1. The second-order valence-corrected chi connectivity index (χ2v) is 5.97. The summed E-state index contributed by atoms with van der Waals surface area (Å²) < 4.78 is 5.17. The van der Waals surface area contributed by atoms with E-state index in [1.165, 1.54) is 0 Å². The molecule has 0 fully saturated rings. The first kappa shape index (κ1) is 17.7. The number of aryl methyl sites for hydroxylation is 2. The maximum atomic E-state index is 12.3. The lowest BCUT2D eigenvalue weighted by atomic mass is 10.1. The van der Waals surface area contributed by atoms with E-state index in [2.05, 4.69) is 16.9 Å². The monoisotopic (exact) mass is 347 g/mol. The molecule has 3 heterocycles. The van der Waals surface area contributed by atoms with Crippen LogP contribution in [0.25, 0.3) is 22.8 Å². The van der Waals surface area contributed by atoms with Crippen molar-refractivity contribution in [2.24, 2.45) is 0 Å². The maximum Gasteiger partial charge on any atom is 0.338 e. The molecule has 0 saturated heterocycles. The summed E-state index contributed by atoms with van der Waals surface area (Å²) in [5, 5.41) is 0. The number of pyridine rings is 3. The van der Waals surface area contributed by atoms with E-state index in [1.807, 2.05) is 31.2 Å². The Kier molecular flexibility index (Phi) is 5.37. The predicted octanol–water partition coefficient (Wildman–Crippen LogP) is 4.25. The van der Waals surface area contributed by atoms with Crippen LogP contribution in [-0.4, -0.2) is 27.5 Å². The Balaban J connectivity index is 2.15. The summed E-state index contributed by atoms with van der Waals surface area (Å²) in [7, 11) is 0. The number of hydrogen-bond donors (Lipinski definition) is 0. The minimum Gasteiger partial charge on any atom is -0.462 e. The average molecular weight is 347 g/mol. The van der Waals surface area contributed by atoms with Gasteiger partial charge in [-0.2, -0.15) is 0 Å². The molecule has 132 valence electrons. The minimum atomic E-state index is -0.378. The number of carbonyl (C=O) groups is 1. The lowest BCUT2D eigenvalue weighted by Crippen LogP contribution is -2.06. The zero-order valence-corrected chi connectivity index (χ0v) is 15.2. The summed E-state index contributed by atoms with van der Waals surface area (Å²) >= 11 is 0. The Bertz CT molecular complexity index is 938. The predicted molar refractivity (Wildman–Crippen MR) is 101 cm³/mol. The van der Waals surface area contributed by atoms with E-state index in [-0.39, 0.29) is 5.97 Å². The van der Waals surface area contributed by atoms with E-state index >= 15 is 0 Å². The van der Waals surface area contributed by atoms with Gasteiger partial charge < -0.3 is 4.74 Å². The molecule has 0 amide bonds. The topological polar surface area (TPSA) is 65.0 Å². The van der Waals surface area contributed by atoms with Crippen LogP contribution in [0.2, 0.25) is 0 Å². The van der Waals surface area contributed by atoms with Crippen molar-refractivity contribution >= 4 is 5.97 Å². The summed E-state index contributed by atoms with van der Waals surface area (Å²) in [5.74, 6) is -0.378. The first-order valence-corrected chi connectivity index (χ1v) is 8.68. The number of esters is 1. The van der Waals surface area contributed by atoms with Gasteiger partial charge in [0.05, 0.1) is 34.9 Å². The van der Waals surface area contributed by atoms with Gasteiger partial charge in [0.25, 0.3) is 0 Å². The molecule has 3 rings (SSSR count). The summed E-state index contributed by atoms with van der Waals surface area (Å²) in [6.45, 7) is 6.19. The van der Waals surface area contributed by atoms with Gasteiger partial charge in [0.1, 0.15) is 0 Å². The van der Waals surface area contributed by atoms with Crippen molar-refractivity contribution in [1.82, 2.24) is 15.0 Å². The van der Waals surface area contributed by atoms with Crippen molar-refractivity contribution in [3.63, 3.8) is 0 Å². The molecule has 0 radical (unpaired) electrons. The van der Waals surface area contributed by atoms with Crippen LogP contribution in [0.1, 0.15) is 35.3 Å². The fraction of sp³-hybridized carbons (Fsp3) is 0.238. The highest BCUT2D eigenvalue weighted by Gasteiger charge is 2.14. The summed E-state index contributed by atoms with van der Waals surface area (Å²) in [6.07, 6.45) is 4.40. The van der Waals surface area contributed by atoms with Crippen LogP contribution in [0, 0.1) is 6.92 Å². The Morgan fingerprint density at radius 2 is 1.58 bits per heavy atom. The average Bonchev–Trinajstić information content (AvgIpc) is 2.68. The molecule has 5 heteroatoms. The molecular weight excluding hydrogens is 326 g/mol. The smallest absolute Gasteiger partial charge is 0.338 e. The van der Waals surface area contributed by atoms with E-state index in [9.17, 15) is 4.79 Å². The third-order valence-corrected chi connectivity index (χ3v) is 4.01. The number of aromatic nitrogens is 3. The first-order valence-electron chi connectivity index (χ1n) is 8.68. The van der Waals surface area contributed by atoms with Crippen molar-refractivity contribution in [2.45, 2.75) is 27.2 Å². The van der Waals surface area contributed by atoms with Crippen LogP contribution in [0.3, 0.4) is 0 Å². The van der Waals surface area contributed by atoms with Gasteiger partial charge >= 0.3 is 5.97 Å². The van der Waals surface area contributed by atoms with Crippen molar-refractivity contribution < 1.29 is 9.53 Å². The molecule has 0 N–H and O–H groups in total. The largest absolute Gasteiger partial charge is 0.462 e. The summed E-state index contributed by atoms with van der Waals surface area (Å²) in [5.41, 5.74) is 5.37. The highest BCUT2D eigenvalue weighted by molar-refractivity contribution is 5.92. The van der Waals surface area contributed by atoms with Gasteiger partial charge in [-0.25, -0.2) is 9.78 Å². The van der Waals surface area contributed by atoms with Crippen LogP contribution in [0.15, 0.2) is 48.8 Å². The standard InChI is InChI=1S/C21H21N3O2/c1-4-15-7-9-23-18(11-15)20-13-16(21(25)26-5-2)12-19(24-20)17-10-14(3)6-8-22-17/h6-13H,4-5H2,1-3H3. The van der Waals surface area contributed by atoms with Gasteiger partial charge in [0, 0.05) is 12.4 Å². The highest BCUT2D eigenvalue weighted by atomic mass is 16.5. The normalized spacial score (nSPS) is 10.6. The molecule has 3 aromatic heterocycles. The molecule has 0 spiro atoms. The van der Waals surface area contributed by atoms with Gasteiger partial charge in [-0.3, -0.25) is 9.97 Å². The van der Waals surface area contributed by atoms with Crippen LogP contribution >= 0.6 is 0 Å². The second kappa shape index (κ2) is 7.87. The zero-order chi connectivity index (χ0) is 18.5. The Hall–Kier alpha value is -3.08. The Labute approximate surface area is 153 Å². The van der Waals surface area contributed by atoms with Crippen molar-refractivity contribution in [3.8, 4) is 22.8 Å². The third kappa shape index (κ3) is 3.94. The number of nitrogens with zero attached hydrogens (tertiary/aromatic N) is 3. The van der Waals surface area contributed by atoms with Gasteiger partial charge in [0.2, 0.25) is 0 Å². The Morgan fingerprint density at radius 3 is 2.19 bits per heavy atom. The van der Waals surface area contributed by atoms with Gasteiger partial charge in [-0.15, -0.1) is 0 Å². The van der Waals surface area contributed by atoms with Gasteiger partial charge in [-0.1, -0.05) is 6.92 Å². The van der Waals surface area contributed by atoms with Gasteiger partial charge in [0.15, 0.2) is 0 Å². The molecule has 26 heavy (non-hydrogen) atoms. The number of hydrogen-bond acceptors (Lipinski definition) is 5. The summed E-state index contributed by atoms with van der Waals surface area (Å²) in [4.78, 5) is 25.8. The molecule has 0 unspecified atom stereocenters. The van der Waals surface area contributed by atoms with E-state index in [4.69, 9.17) is 9.72 Å². The molecule has 5 nitrogen and oxygen atoms in total. The number of rotatable bonds is 5. The zero-order valence-electron chi connectivity index (χ0n) is 15.2. The fourth-order valence-electron chi connectivity index (χ4n) is 2.64. The lowest BCUT2D eigenvalue weighted by molar-refractivity contribution is 0.0526. The SMILES string of the molecule is CCOC(=O)c1cc(-c2cc(C)ccn2)nc(-c2cc(CC)ccn2)c1. The van der Waals surface area contributed by atoms with E-state index in [0.717, 1.165) is 23.2 Å². The molecule has 0 bridgehead atoms. The lowest BCUT2D eigenvalue weighted by Gasteiger charge is -2.09. The van der Waals surface area contributed by atoms with E-state index in [0.29, 0.717) is 29.3 Å². The van der Waals surface area contributed by atoms with Crippen LogP contribution in [0.5, 0.6) is 0 Å². The van der Waals surface area contributed by atoms with E-state index < -0.39 is 0 Å². The second-order valence-electron chi connectivity index (χ2n) is 5.97.